The molecule has 1 fully saturated rings. The van der Waals surface area contributed by atoms with Crippen LogP contribution in [0.25, 0.3) is 5.78 Å². The Bertz CT molecular complexity index is 502. The lowest BCUT2D eigenvalue weighted by Crippen LogP contribution is -2.10. The van der Waals surface area contributed by atoms with Crippen LogP contribution in [-0.4, -0.2) is 27.5 Å². The second kappa shape index (κ2) is 4.03. The lowest BCUT2D eigenvalue weighted by atomic mass is 10.0. The van der Waals surface area contributed by atoms with E-state index in [0.29, 0.717) is 10.9 Å². The molecule has 0 aromatic carbocycles. The number of imidazole rings is 1. The maximum absolute atomic E-state index is 5.88. The van der Waals surface area contributed by atoms with Crippen molar-refractivity contribution in [2.45, 2.75) is 12.8 Å². The lowest BCUT2D eigenvalue weighted by molar-refractivity contribution is 0.573. The minimum Gasteiger partial charge on any atom is -0.316 e. The number of nitrogens with one attached hydrogen (secondary N) is 1. The van der Waals surface area contributed by atoms with Crippen LogP contribution >= 0.6 is 11.6 Å². The zero-order chi connectivity index (χ0) is 11.0. The molecule has 3 rings (SSSR count). The summed E-state index contributed by atoms with van der Waals surface area (Å²) in [6.07, 6.45) is 7.75. The number of nitrogens with zero attached hydrogens (tertiary/aromatic N) is 3. The van der Waals surface area contributed by atoms with Gasteiger partial charge in [-0.1, -0.05) is 11.6 Å². The van der Waals surface area contributed by atoms with Crippen LogP contribution < -0.4 is 5.32 Å². The van der Waals surface area contributed by atoms with Crippen molar-refractivity contribution in [1.29, 1.82) is 0 Å². The van der Waals surface area contributed by atoms with E-state index in [-0.39, 0.29) is 0 Å². The summed E-state index contributed by atoms with van der Waals surface area (Å²) >= 11 is 5.88. The number of hydrogen-bond donors (Lipinski definition) is 1. The predicted molar refractivity (Wildman–Crippen MR) is 62.7 cm³/mol. The predicted octanol–water partition coefficient (Wildman–Crippen LogP) is 1.53. The van der Waals surface area contributed by atoms with Gasteiger partial charge < -0.3 is 5.32 Å². The van der Waals surface area contributed by atoms with E-state index < -0.39 is 0 Å². The van der Waals surface area contributed by atoms with Gasteiger partial charge in [0.05, 0.1) is 16.9 Å². The van der Waals surface area contributed by atoms with Crippen molar-refractivity contribution >= 4 is 17.4 Å². The number of rotatable bonds is 2. The third kappa shape index (κ3) is 1.90. The van der Waals surface area contributed by atoms with Gasteiger partial charge in [-0.3, -0.25) is 4.40 Å². The molecule has 84 valence electrons. The van der Waals surface area contributed by atoms with Crippen LogP contribution in [0.4, 0.5) is 0 Å². The minimum absolute atomic E-state index is 0.638. The normalized spacial score (nSPS) is 20.7. The first kappa shape index (κ1) is 10.1. The Hall–Kier alpha value is -1.13. The smallest absolute Gasteiger partial charge is 0.234 e. The van der Waals surface area contributed by atoms with Gasteiger partial charge in [0, 0.05) is 12.4 Å². The largest absolute Gasteiger partial charge is 0.316 e. The summed E-state index contributed by atoms with van der Waals surface area (Å²) in [7, 11) is 0. The van der Waals surface area contributed by atoms with Gasteiger partial charge in [-0.2, -0.15) is 0 Å². The highest BCUT2D eigenvalue weighted by Crippen LogP contribution is 2.15. The van der Waals surface area contributed by atoms with Crippen LogP contribution in [0.1, 0.15) is 12.1 Å². The molecule has 1 atom stereocenters. The van der Waals surface area contributed by atoms with Gasteiger partial charge in [0.1, 0.15) is 0 Å². The van der Waals surface area contributed by atoms with Crippen LogP contribution in [-0.2, 0) is 6.42 Å². The fourth-order valence-electron chi connectivity index (χ4n) is 2.19. The molecule has 0 bridgehead atoms. The van der Waals surface area contributed by atoms with Crippen LogP contribution in [0.3, 0.4) is 0 Å². The topological polar surface area (TPSA) is 42.2 Å². The molecule has 0 saturated carbocycles. The zero-order valence-corrected chi connectivity index (χ0v) is 9.61. The van der Waals surface area contributed by atoms with Gasteiger partial charge >= 0.3 is 0 Å². The van der Waals surface area contributed by atoms with E-state index in [1.54, 1.807) is 6.20 Å². The van der Waals surface area contributed by atoms with Crippen molar-refractivity contribution < 1.29 is 0 Å². The van der Waals surface area contributed by atoms with Gasteiger partial charge in [-0.15, -0.1) is 0 Å². The molecular weight excluding hydrogens is 224 g/mol. The second-order valence-corrected chi connectivity index (χ2v) is 4.71. The van der Waals surface area contributed by atoms with Crippen molar-refractivity contribution in [3.05, 3.63) is 29.3 Å². The molecule has 0 spiro atoms. The number of aromatic nitrogens is 3. The van der Waals surface area contributed by atoms with Gasteiger partial charge in [-0.25, -0.2) is 9.97 Å². The molecule has 1 aliphatic rings. The number of halogens is 1. The Balaban J connectivity index is 1.86. The SMILES string of the molecule is Clc1cnc2nc(CC3CCNC3)cn2c1. The van der Waals surface area contributed by atoms with E-state index in [1.807, 2.05) is 16.8 Å². The first-order chi connectivity index (χ1) is 7.81. The quantitative estimate of drug-likeness (QED) is 0.860. The van der Waals surface area contributed by atoms with Gasteiger partial charge in [0.25, 0.3) is 0 Å². The van der Waals surface area contributed by atoms with Crippen molar-refractivity contribution in [2.75, 3.05) is 13.1 Å². The molecule has 0 amide bonds. The van der Waals surface area contributed by atoms with Crippen molar-refractivity contribution in [1.82, 2.24) is 19.7 Å². The van der Waals surface area contributed by atoms with Crippen molar-refractivity contribution in [2.24, 2.45) is 5.92 Å². The molecule has 2 aromatic rings. The van der Waals surface area contributed by atoms with Crippen molar-refractivity contribution in [3.8, 4) is 0 Å². The monoisotopic (exact) mass is 236 g/mol. The number of fused-ring (bicyclic) bond motifs is 1. The molecule has 1 saturated heterocycles. The van der Waals surface area contributed by atoms with Crippen LogP contribution in [0.5, 0.6) is 0 Å². The molecule has 3 heterocycles. The second-order valence-electron chi connectivity index (χ2n) is 4.27. The summed E-state index contributed by atoms with van der Waals surface area (Å²) in [5, 5.41) is 4.00. The lowest BCUT2D eigenvalue weighted by Gasteiger charge is -2.03. The van der Waals surface area contributed by atoms with E-state index in [1.165, 1.54) is 6.42 Å². The number of hydrogen-bond acceptors (Lipinski definition) is 3. The first-order valence-electron chi connectivity index (χ1n) is 5.51. The molecule has 1 aliphatic heterocycles. The molecule has 4 nitrogen and oxygen atoms in total. The highest BCUT2D eigenvalue weighted by Gasteiger charge is 2.16. The molecule has 2 aromatic heterocycles. The highest BCUT2D eigenvalue weighted by atomic mass is 35.5. The first-order valence-corrected chi connectivity index (χ1v) is 5.89. The summed E-state index contributed by atoms with van der Waals surface area (Å²) in [5.74, 6) is 1.44. The maximum Gasteiger partial charge on any atom is 0.234 e. The van der Waals surface area contributed by atoms with Crippen LogP contribution in [0, 0.1) is 5.92 Å². The van der Waals surface area contributed by atoms with Crippen molar-refractivity contribution in [3.63, 3.8) is 0 Å². The molecular formula is C11H13ClN4. The Labute approximate surface area is 98.7 Å². The van der Waals surface area contributed by atoms with Crippen LogP contribution in [0.2, 0.25) is 5.02 Å². The van der Waals surface area contributed by atoms with Crippen LogP contribution in [0.15, 0.2) is 18.6 Å². The molecule has 0 radical (unpaired) electrons. The highest BCUT2D eigenvalue weighted by molar-refractivity contribution is 6.30. The summed E-state index contributed by atoms with van der Waals surface area (Å²) in [6.45, 7) is 2.23. The summed E-state index contributed by atoms with van der Waals surface area (Å²) in [5.41, 5.74) is 1.10. The molecule has 5 heteroatoms. The average Bonchev–Trinajstić information content (AvgIpc) is 2.86. The Morgan fingerprint density at radius 3 is 3.25 bits per heavy atom. The van der Waals surface area contributed by atoms with E-state index in [2.05, 4.69) is 15.3 Å². The van der Waals surface area contributed by atoms with E-state index in [0.717, 1.165) is 31.0 Å². The molecule has 1 unspecified atom stereocenters. The fraction of sp³-hybridized carbons (Fsp3) is 0.455. The minimum atomic E-state index is 0.638. The summed E-state index contributed by atoms with van der Waals surface area (Å²) < 4.78 is 1.89. The Morgan fingerprint density at radius 1 is 1.50 bits per heavy atom. The standard InChI is InChI=1S/C11H13ClN4/c12-9-5-14-11-15-10(7-16(11)6-9)3-8-1-2-13-4-8/h5-8,13H,1-4H2. The van der Waals surface area contributed by atoms with E-state index in [9.17, 15) is 0 Å². The molecule has 16 heavy (non-hydrogen) atoms. The van der Waals surface area contributed by atoms with E-state index >= 15 is 0 Å². The third-order valence-electron chi connectivity index (χ3n) is 2.99. The van der Waals surface area contributed by atoms with E-state index in [4.69, 9.17) is 11.6 Å². The Morgan fingerprint density at radius 2 is 2.44 bits per heavy atom. The average molecular weight is 237 g/mol. The zero-order valence-electron chi connectivity index (χ0n) is 8.86. The third-order valence-corrected chi connectivity index (χ3v) is 3.18. The molecule has 0 aliphatic carbocycles. The fourth-order valence-corrected chi connectivity index (χ4v) is 2.35. The van der Waals surface area contributed by atoms with Gasteiger partial charge in [0.2, 0.25) is 5.78 Å². The molecule has 1 N–H and O–H groups in total. The summed E-state index contributed by atoms with van der Waals surface area (Å²) in [4.78, 5) is 8.66. The van der Waals surface area contributed by atoms with Gasteiger partial charge in [-0.05, 0) is 31.8 Å². The van der Waals surface area contributed by atoms with Gasteiger partial charge in [0.15, 0.2) is 0 Å². The summed E-state index contributed by atoms with van der Waals surface area (Å²) in [6, 6.07) is 0. The maximum atomic E-state index is 5.88. The Kier molecular flexibility index (Phi) is 2.53.